The first-order valence-electron chi connectivity index (χ1n) is 6.99. The minimum absolute atomic E-state index is 0.294. The predicted octanol–water partition coefficient (Wildman–Crippen LogP) is 3.76. The van der Waals surface area contributed by atoms with E-state index in [4.69, 9.17) is 25.8 Å². The number of methoxy groups -OCH3 is 2. The Hall–Kier alpha value is -2.40. The van der Waals surface area contributed by atoms with Crippen molar-refractivity contribution >= 4 is 23.2 Å². The van der Waals surface area contributed by atoms with Gasteiger partial charge in [-0.2, -0.15) is 0 Å². The average molecular weight is 336 g/mol. The van der Waals surface area contributed by atoms with Crippen LogP contribution in [0.3, 0.4) is 0 Å². The van der Waals surface area contributed by atoms with Crippen LogP contribution in [0.4, 0.5) is 5.69 Å². The quantitative estimate of drug-likeness (QED) is 0.873. The number of carbonyl (C=O) groups is 1. The molecule has 2 aromatic carbocycles. The molecule has 0 aromatic heterocycles. The molecule has 0 unspecified atom stereocenters. The normalized spacial score (nSPS) is 11.5. The molecule has 6 heteroatoms. The van der Waals surface area contributed by atoms with Crippen molar-refractivity contribution in [2.45, 2.75) is 13.0 Å². The lowest BCUT2D eigenvalue weighted by molar-refractivity contribution is -0.122. The molecular weight excluding hydrogens is 318 g/mol. The molecule has 1 N–H and O–H groups in total. The van der Waals surface area contributed by atoms with Crippen LogP contribution in [0, 0.1) is 0 Å². The van der Waals surface area contributed by atoms with Gasteiger partial charge in [0, 0.05) is 5.69 Å². The molecule has 0 aliphatic carbocycles. The predicted molar refractivity (Wildman–Crippen MR) is 89.7 cm³/mol. The summed E-state index contributed by atoms with van der Waals surface area (Å²) in [6, 6.07) is 12.2. The molecule has 0 aliphatic rings. The van der Waals surface area contributed by atoms with Crippen molar-refractivity contribution in [3.05, 3.63) is 47.5 Å². The van der Waals surface area contributed by atoms with E-state index in [9.17, 15) is 4.79 Å². The molecule has 0 saturated carbocycles. The second-order valence-corrected chi connectivity index (χ2v) is 5.16. The Morgan fingerprint density at radius 2 is 1.70 bits per heavy atom. The van der Waals surface area contributed by atoms with Crippen molar-refractivity contribution in [3.8, 4) is 17.2 Å². The Morgan fingerprint density at radius 3 is 2.30 bits per heavy atom. The fourth-order valence-corrected chi connectivity index (χ4v) is 2.21. The van der Waals surface area contributed by atoms with Crippen molar-refractivity contribution < 1.29 is 19.0 Å². The summed E-state index contributed by atoms with van der Waals surface area (Å²) < 4.78 is 15.9. The summed E-state index contributed by atoms with van der Waals surface area (Å²) in [5.74, 6) is 1.32. The lowest BCUT2D eigenvalue weighted by atomic mass is 10.2. The van der Waals surface area contributed by atoms with Gasteiger partial charge in [-0.3, -0.25) is 4.79 Å². The number of nitrogens with one attached hydrogen (secondary N) is 1. The monoisotopic (exact) mass is 335 g/mol. The fourth-order valence-electron chi connectivity index (χ4n) is 1.95. The van der Waals surface area contributed by atoms with E-state index < -0.39 is 6.10 Å². The maximum Gasteiger partial charge on any atom is 0.265 e. The SMILES string of the molecule is COc1ccc(NC(=O)[C@H](C)Oc2ccccc2OC)cc1Cl. The largest absolute Gasteiger partial charge is 0.495 e. The highest BCUT2D eigenvalue weighted by Crippen LogP contribution is 2.28. The van der Waals surface area contributed by atoms with Crippen molar-refractivity contribution in [2.75, 3.05) is 19.5 Å². The highest BCUT2D eigenvalue weighted by Gasteiger charge is 2.17. The standard InChI is InChI=1S/C17H18ClNO4/c1-11(23-16-7-5-4-6-15(16)22-3)17(20)19-12-8-9-14(21-2)13(18)10-12/h4-11H,1-3H3,(H,19,20)/t11-/m0/s1. The molecule has 23 heavy (non-hydrogen) atoms. The van der Waals surface area contributed by atoms with Gasteiger partial charge in [0.15, 0.2) is 17.6 Å². The third kappa shape index (κ3) is 4.29. The van der Waals surface area contributed by atoms with Crippen molar-refractivity contribution in [2.24, 2.45) is 0 Å². The first-order valence-corrected chi connectivity index (χ1v) is 7.37. The van der Waals surface area contributed by atoms with E-state index >= 15 is 0 Å². The molecule has 1 amide bonds. The van der Waals surface area contributed by atoms with E-state index in [1.807, 2.05) is 12.1 Å². The van der Waals surface area contributed by atoms with Gasteiger partial charge in [-0.1, -0.05) is 23.7 Å². The summed E-state index contributed by atoms with van der Waals surface area (Å²) in [6.45, 7) is 1.66. The van der Waals surface area contributed by atoms with Gasteiger partial charge in [0.1, 0.15) is 5.75 Å². The zero-order chi connectivity index (χ0) is 16.8. The maximum atomic E-state index is 12.2. The van der Waals surface area contributed by atoms with Crippen molar-refractivity contribution in [1.82, 2.24) is 0 Å². The van der Waals surface area contributed by atoms with E-state index in [-0.39, 0.29) is 5.91 Å². The van der Waals surface area contributed by atoms with Gasteiger partial charge >= 0.3 is 0 Å². The number of carbonyl (C=O) groups excluding carboxylic acids is 1. The lowest BCUT2D eigenvalue weighted by Crippen LogP contribution is -2.30. The molecule has 0 radical (unpaired) electrons. The highest BCUT2D eigenvalue weighted by molar-refractivity contribution is 6.32. The Bertz CT molecular complexity index is 690. The average Bonchev–Trinajstić information content (AvgIpc) is 2.55. The Balaban J connectivity index is 2.04. The summed E-state index contributed by atoms with van der Waals surface area (Å²) in [5, 5.41) is 3.17. The van der Waals surface area contributed by atoms with Crippen molar-refractivity contribution in [1.29, 1.82) is 0 Å². The van der Waals surface area contributed by atoms with Crippen LogP contribution in [0.25, 0.3) is 0 Å². The minimum atomic E-state index is -0.702. The van der Waals surface area contributed by atoms with Crippen LogP contribution in [0.2, 0.25) is 5.02 Å². The molecule has 2 aromatic rings. The van der Waals surface area contributed by atoms with Crippen LogP contribution in [-0.2, 0) is 4.79 Å². The second kappa shape index (κ2) is 7.74. The number of amides is 1. The number of hydrogen-bond donors (Lipinski definition) is 1. The molecule has 0 heterocycles. The van der Waals surface area contributed by atoms with E-state index in [1.54, 1.807) is 44.4 Å². The summed E-state index contributed by atoms with van der Waals surface area (Å²) >= 11 is 6.04. The van der Waals surface area contributed by atoms with Crippen LogP contribution in [0.1, 0.15) is 6.92 Å². The van der Waals surface area contributed by atoms with Gasteiger partial charge in [-0.25, -0.2) is 0 Å². The minimum Gasteiger partial charge on any atom is -0.495 e. The van der Waals surface area contributed by atoms with Crippen LogP contribution >= 0.6 is 11.6 Å². The molecule has 0 fully saturated rings. The van der Waals surface area contributed by atoms with Gasteiger partial charge < -0.3 is 19.5 Å². The second-order valence-electron chi connectivity index (χ2n) is 4.75. The van der Waals surface area contributed by atoms with Crippen LogP contribution in [-0.4, -0.2) is 26.2 Å². The van der Waals surface area contributed by atoms with Gasteiger partial charge in [0.05, 0.1) is 19.2 Å². The zero-order valence-electron chi connectivity index (χ0n) is 13.1. The van der Waals surface area contributed by atoms with Gasteiger partial charge in [-0.05, 0) is 37.3 Å². The van der Waals surface area contributed by atoms with Crippen LogP contribution in [0.15, 0.2) is 42.5 Å². The van der Waals surface area contributed by atoms with E-state index in [1.165, 1.54) is 7.11 Å². The van der Waals surface area contributed by atoms with Gasteiger partial charge in [0.2, 0.25) is 0 Å². The van der Waals surface area contributed by atoms with Gasteiger partial charge in [0.25, 0.3) is 5.91 Å². The number of anilines is 1. The number of para-hydroxylation sites is 2. The number of ether oxygens (including phenoxy) is 3. The summed E-state index contributed by atoms with van der Waals surface area (Å²) in [5.41, 5.74) is 0.566. The molecule has 1 atom stereocenters. The first-order chi connectivity index (χ1) is 11.0. The Morgan fingerprint density at radius 1 is 1.04 bits per heavy atom. The Kier molecular flexibility index (Phi) is 5.71. The zero-order valence-corrected chi connectivity index (χ0v) is 13.9. The molecule has 0 saturated heterocycles. The third-order valence-corrected chi connectivity index (χ3v) is 3.46. The first kappa shape index (κ1) is 17.0. The summed E-state index contributed by atoms with van der Waals surface area (Å²) in [7, 11) is 3.08. The third-order valence-electron chi connectivity index (χ3n) is 3.16. The number of halogens is 1. The number of rotatable bonds is 6. The molecule has 0 aliphatic heterocycles. The van der Waals surface area contributed by atoms with E-state index in [0.29, 0.717) is 28.0 Å². The molecular formula is C17H18ClNO4. The van der Waals surface area contributed by atoms with Crippen molar-refractivity contribution in [3.63, 3.8) is 0 Å². The number of benzene rings is 2. The molecule has 0 spiro atoms. The Labute approximate surface area is 140 Å². The molecule has 2 rings (SSSR count). The maximum absolute atomic E-state index is 12.2. The topological polar surface area (TPSA) is 56.8 Å². The van der Waals surface area contributed by atoms with Gasteiger partial charge in [-0.15, -0.1) is 0 Å². The van der Waals surface area contributed by atoms with Crippen LogP contribution in [0.5, 0.6) is 17.2 Å². The van der Waals surface area contributed by atoms with E-state index in [0.717, 1.165) is 0 Å². The summed E-state index contributed by atoms with van der Waals surface area (Å²) in [6.07, 6.45) is -0.702. The van der Waals surface area contributed by atoms with E-state index in [2.05, 4.69) is 5.32 Å². The highest BCUT2D eigenvalue weighted by atomic mass is 35.5. The smallest absolute Gasteiger partial charge is 0.265 e. The molecule has 122 valence electrons. The molecule has 5 nitrogen and oxygen atoms in total. The molecule has 0 bridgehead atoms. The summed E-state index contributed by atoms with van der Waals surface area (Å²) in [4.78, 5) is 12.2. The lowest BCUT2D eigenvalue weighted by Gasteiger charge is -2.17. The van der Waals surface area contributed by atoms with Crippen LogP contribution < -0.4 is 19.5 Å². The fraction of sp³-hybridized carbons (Fsp3) is 0.235. The number of hydrogen-bond acceptors (Lipinski definition) is 4.